The van der Waals surface area contributed by atoms with Crippen molar-refractivity contribution in [2.75, 3.05) is 0 Å². The molecule has 0 saturated carbocycles. The molecule has 3 rings (SSSR count). The SMILES string of the molecule is Clc1snnc1CSc1nncn1Cc1ccco1. The zero-order chi connectivity index (χ0) is 13.1. The number of hydrogen-bond donors (Lipinski definition) is 0. The van der Waals surface area contributed by atoms with Crippen molar-refractivity contribution < 1.29 is 4.42 Å². The predicted octanol–water partition coefficient (Wildman–Crippen LogP) is 2.72. The van der Waals surface area contributed by atoms with Crippen molar-refractivity contribution in [3.05, 3.63) is 40.5 Å². The minimum absolute atomic E-state index is 0.603. The van der Waals surface area contributed by atoms with E-state index in [-0.39, 0.29) is 0 Å². The van der Waals surface area contributed by atoms with Gasteiger partial charge in [0.15, 0.2) is 5.16 Å². The molecular formula is C10H8ClN5OS2. The summed E-state index contributed by atoms with van der Waals surface area (Å²) >= 11 is 8.65. The fraction of sp³-hybridized carbons (Fsp3) is 0.200. The Balaban J connectivity index is 1.68. The lowest BCUT2D eigenvalue weighted by Crippen LogP contribution is -1.99. The van der Waals surface area contributed by atoms with Gasteiger partial charge in [0.2, 0.25) is 0 Å². The maximum absolute atomic E-state index is 5.96. The predicted molar refractivity (Wildman–Crippen MR) is 72.3 cm³/mol. The number of aromatic nitrogens is 5. The molecule has 0 aromatic carbocycles. The maximum Gasteiger partial charge on any atom is 0.191 e. The molecule has 0 atom stereocenters. The lowest BCUT2D eigenvalue weighted by molar-refractivity contribution is 0.484. The molecule has 3 aromatic heterocycles. The molecule has 0 N–H and O–H groups in total. The Morgan fingerprint density at radius 1 is 1.42 bits per heavy atom. The van der Waals surface area contributed by atoms with Crippen LogP contribution < -0.4 is 0 Å². The van der Waals surface area contributed by atoms with Crippen molar-refractivity contribution in [2.45, 2.75) is 17.5 Å². The summed E-state index contributed by atoms with van der Waals surface area (Å²) in [6.07, 6.45) is 3.32. The van der Waals surface area contributed by atoms with Crippen LogP contribution >= 0.6 is 34.9 Å². The minimum atomic E-state index is 0.603. The second kappa shape index (κ2) is 5.72. The molecule has 19 heavy (non-hydrogen) atoms. The van der Waals surface area contributed by atoms with E-state index in [9.17, 15) is 0 Å². The van der Waals surface area contributed by atoms with Gasteiger partial charge in [-0.05, 0) is 12.1 Å². The Hall–Kier alpha value is -1.38. The Bertz CT molecular complexity index is 650. The molecule has 3 heterocycles. The van der Waals surface area contributed by atoms with Crippen LogP contribution in [0, 0.1) is 0 Å². The number of rotatable bonds is 5. The third kappa shape index (κ3) is 2.96. The molecular weight excluding hydrogens is 306 g/mol. The zero-order valence-electron chi connectivity index (χ0n) is 9.56. The molecule has 0 amide bonds. The van der Waals surface area contributed by atoms with E-state index in [1.165, 1.54) is 23.3 Å². The summed E-state index contributed by atoms with van der Waals surface area (Å²) in [6.45, 7) is 0.603. The first kappa shape index (κ1) is 12.6. The Morgan fingerprint density at radius 3 is 3.11 bits per heavy atom. The molecule has 0 unspecified atom stereocenters. The summed E-state index contributed by atoms with van der Waals surface area (Å²) in [4.78, 5) is 0. The third-order valence-corrected chi connectivity index (χ3v) is 4.31. The standard InChI is InChI=1S/C10H8ClN5OS2/c11-9-8(13-15-19-9)5-18-10-14-12-6-16(10)4-7-2-1-3-17-7/h1-3,6H,4-5H2. The molecule has 0 bridgehead atoms. The monoisotopic (exact) mass is 313 g/mol. The quantitative estimate of drug-likeness (QED) is 0.675. The van der Waals surface area contributed by atoms with Gasteiger partial charge >= 0.3 is 0 Å². The van der Waals surface area contributed by atoms with Crippen molar-refractivity contribution in [1.82, 2.24) is 24.4 Å². The topological polar surface area (TPSA) is 69.6 Å². The van der Waals surface area contributed by atoms with Crippen LogP contribution in [-0.2, 0) is 12.3 Å². The molecule has 0 saturated heterocycles. The van der Waals surface area contributed by atoms with Gasteiger partial charge in [-0.1, -0.05) is 27.9 Å². The fourth-order valence-electron chi connectivity index (χ4n) is 1.45. The van der Waals surface area contributed by atoms with Crippen molar-refractivity contribution in [3.8, 4) is 0 Å². The molecule has 98 valence electrons. The number of nitrogens with zero attached hydrogens (tertiary/aromatic N) is 5. The number of hydrogen-bond acceptors (Lipinski definition) is 7. The molecule has 0 fully saturated rings. The second-order valence-corrected chi connectivity index (χ2v) is 5.90. The molecule has 0 aliphatic carbocycles. The number of thioether (sulfide) groups is 1. The highest BCUT2D eigenvalue weighted by Crippen LogP contribution is 2.26. The molecule has 9 heteroatoms. The van der Waals surface area contributed by atoms with Gasteiger partial charge in [0.05, 0.1) is 12.8 Å². The number of halogens is 1. The van der Waals surface area contributed by atoms with Crippen LogP contribution in [0.5, 0.6) is 0 Å². The fourth-order valence-corrected chi connectivity index (χ4v) is 3.10. The van der Waals surface area contributed by atoms with Gasteiger partial charge in [-0.2, -0.15) is 0 Å². The molecule has 0 aliphatic heterocycles. The van der Waals surface area contributed by atoms with E-state index in [2.05, 4.69) is 19.8 Å². The third-order valence-electron chi connectivity index (χ3n) is 2.33. The Kier molecular flexibility index (Phi) is 3.81. The van der Waals surface area contributed by atoms with E-state index < -0.39 is 0 Å². The minimum Gasteiger partial charge on any atom is -0.467 e. The van der Waals surface area contributed by atoms with Gasteiger partial charge in [-0.15, -0.1) is 15.3 Å². The van der Waals surface area contributed by atoms with E-state index in [0.717, 1.165) is 16.6 Å². The Morgan fingerprint density at radius 2 is 2.37 bits per heavy atom. The van der Waals surface area contributed by atoms with E-state index in [0.29, 0.717) is 16.6 Å². The highest BCUT2D eigenvalue weighted by atomic mass is 35.5. The van der Waals surface area contributed by atoms with Crippen LogP contribution in [0.2, 0.25) is 4.34 Å². The van der Waals surface area contributed by atoms with Crippen molar-refractivity contribution in [1.29, 1.82) is 0 Å². The second-order valence-electron chi connectivity index (χ2n) is 3.60. The van der Waals surface area contributed by atoms with Gasteiger partial charge in [0.25, 0.3) is 0 Å². The summed E-state index contributed by atoms with van der Waals surface area (Å²) in [7, 11) is 0. The molecule has 0 aliphatic rings. The lowest BCUT2D eigenvalue weighted by Gasteiger charge is -2.03. The van der Waals surface area contributed by atoms with Crippen LogP contribution in [0.25, 0.3) is 0 Å². The molecule has 0 radical (unpaired) electrons. The Labute approximate surface area is 122 Å². The first-order valence-corrected chi connectivity index (χ1v) is 7.46. The highest BCUT2D eigenvalue weighted by Gasteiger charge is 2.11. The van der Waals surface area contributed by atoms with Crippen molar-refractivity contribution in [3.63, 3.8) is 0 Å². The van der Waals surface area contributed by atoms with E-state index in [4.69, 9.17) is 16.0 Å². The van der Waals surface area contributed by atoms with Crippen LogP contribution in [-0.4, -0.2) is 24.4 Å². The highest BCUT2D eigenvalue weighted by molar-refractivity contribution is 7.98. The zero-order valence-corrected chi connectivity index (χ0v) is 12.0. The summed E-state index contributed by atoms with van der Waals surface area (Å²) in [5.74, 6) is 1.47. The molecule has 0 spiro atoms. The first-order valence-electron chi connectivity index (χ1n) is 5.32. The summed E-state index contributed by atoms with van der Waals surface area (Å²) in [5.41, 5.74) is 0.768. The number of furan rings is 1. The van der Waals surface area contributed by atoms with Gasteiger partial charge in [0, 0.05) is 17.3 Å². The van der Waals surface area contributed by atoms with E-state index in [1.54, 1.807) is 12.6 Å². The average Bonchev–Trinajstić information content (AvgIpc) is 3.11. The molecule has 3 aromatic rings. The van der Waals surface area contributed by atoms with Gasteiger partial charge in [-0.3, -0.25) is 0 Å². The summed E-state index contributed by atoms with van der Waals surface area (Å²) in [6, 6.07) is 3.77. The first-order chi connectivity index (χ1) is 9.33. The smallest absolute Gasteiger partial charge is 0.191 e. The normalized spacial score (nSPS) is 11.0. The van der Waals surface area contributed by atoms with E-state index >= 15 is 0 Å². The van der Waals surface area contributed by atoms with Gasteiger partial charge in [-0.25, -0.2) is 0 Å². The van der Waals surface area contributed by atoms with Crippen LogP contribution in [0.1, 0.15) is 11.5 Å². The van der Waals surface area contributed by atoms with Crippen LogP contribution in [0.15, 0.2) is 34.3 Å². The summed E-state index contributed by atoms with van der Waals surface area (Å²) < 4.78 is 11.6. The van der Waals surface area contributed by atoms with Crippen LogP contribution in [0.4, 0.5) is 0 Å². The largest absolute Gasteiger partial charge is 0.467 e. The van der Waals surface area contributed by atoms with Gasteiger partial charge in [0.1, 0.15) is 22.1 Å². The maximum atomic E-state index is 5.96. The van der Waals surface area contributed by atoms with Gasteiger partial charge < -0.3 is 8.98 Å². The lowest BCUT2D eigenvalue weighted by atomic mass is 10.4. The average molecular weight is 314 g/mol. The molecule has 6 nitrogen and oxygen atoms in total. The van der Waals surface area contributed by atoms with Crippen LogP contribution in [0.3, 0.4) is 0 Å². The van der Waals surface area contributed by atoms with E-state index in [1.807, 2.05) is 16.7 Å². The van der Waals surface area contributed by atoms with Crippen molar-refractivity contribution >= 4 is 34.9 Å². The summed E-state index contributed by atoms with van der Waals surface area (Å²) in [5, 5.41) is 12.7. The van der Waals surface area contributed by atoms with Crippen molar-refractivity contribution in [2.24, 2.45) is 0 Å².